The zero-order chi connectivity index (χ0) is 29.2. The Morgan fingerprint density at radius 1 is 0.875 bits per heavy atom. The second-order valence-corrected chi connectivity index (χ2v) is 9.05. The molecule has 1 heterocycles. The van der Waals surface area contributed by atoms with Crippen molar-refractivity contribution < 1.29 is 0 Å². The van der Waals surface area contributed by atoms with Gasteiger partial charge in [-0.1, -0.05) is 99.8 Å². The number of hydrazone groups is 1. The summed E-state index contributed by atoms with van der Waals surface area (Å²) in [5.41, 5.74) is 8.21. The first-order valence-corrected chi connectivity index (χ1v) is 14.3. The predicted octanol–water partition coefficient (Wildman–Crippen LogP) is 8.82. The zero-order valence-electron chi connectivity index (χ0n) is 23.6. The molecule has 0 atom stereocenters. The molecule has 1 aromatic heterocycles. The lowest BCUT2D eigenvalue weighted by Gasteiger charge is -2.14. The van der Waals surface area contributed by atoms with Gasteiger partial charge in [-0.25, -0.2) is 0 Å². The van der Waals surface area contributed by atoms with Crippen molar-refractivity contribution >= 4 is 29.1 Å². The summed E-state index contributed by atoms with van der Waals surface area (Å²) in [5.74, 6) is 4.36. The summed E-state index contributed by atoms with van der Waals surface area (Å²) in [5, 5.41) is 2.75. The van der Waals surface area contributed by atoms with Crippen molar-refractivity contribution in [2.75, 3.05) is 6.26 Å². The number of pyridine rings is 1. The molecule has 0 fully saturated rings. The average molecular weight is 547 g/mol. The summed E-state index contributed by atoms with van der Waals surface area (Å²) in [6.45, 7) is 15.4. The van der Waals surface area contributed by atoms with Crippen LogP contribution < -0.4 is 5.84 Å². The average Bonchev–Trinajstić information content (AvgIpc) is 3.02. The van der Waals surface area contributed by atoms with Gasteiger partial charge >= 0.3 is 0 Å². The molecule has 4 aromatic rings. The molecule has 0 unspecified atom stereocenters. The minimum absolute atomic E-state index is 0.604. The van der Waals surface area contributed by atoms with Crippen LogP contribution in [0.5, 0.6) is 0 Å². The number of allylic oxidation sites excluding steroid dienone is 3. The molecule has 40 heavy (non-hydrogen) atoms. The quantitative estimate of drug-likeness (QED) is 0.0987. The summed E-state index contributed by atoms with van der Waals surface area (Å²) >= 11 is 1.69. The van der Waals surface area contributed by atoms with E-state index in [-0.39, 0.29) is 0 Å². The van der Waals surface area contributed by atoms with Crippen LogP contribution >= 0.6 is 11.8 Å². The second-order valence-electron chi connectivity index (χ2n) is 8.20. The first kappa shape index (κ1) is 31.7. The van der Waals surface area contributed by atoms with Gasteiger partial charge in [0.1, 0.15) is 0 Å². The topological polar surface area (TPSA) is 63.6 Å². The van der Waals surface area contributed by atoms with Crippen LogP contribution in [0.3, 0.4) is 0 Å². The van der Waals surface area contributed by atoms with Crippen molar-refractivity contribution in [2.24, 2.45) is 15.9 Å². The Hall–Kier alpha value is -4.48. The van der Waals surface area contributed by atoms with E-state index in [1.807, 2.05) is 50.4 Å². The summed E-state index contributed by atoms with van der Waals surface area (Å²) in [4.78, 5) is 10.8. The number of nitrogens with two attached hydrogens (primary N) is 1. The lowest BCUT2D eigenvalue weighted by Crippen LogP contribution is -2.06. The highest BCUT2D eigenvalue weighted by Gasteiger charge is 2.13. The Labute approximate surface area is 243 Å². The van der Waals surface area contributed by atoms with E-state index in [1.54, 1.807) is 17.8 Å². The van der Waals surface area contributed by atoms with E-state index in [1.165, 1.54) is 5.56 Å². The summed E-state index contributed by atoms with van der Waals surface area (Å²) in [7, 11) is 0. The maximum absolute atomic E-state index is 5.11. The van der Waals surface area contributed by atoms with Crippen molar-refractivity contribution in [1.82, 2.24) is 4.98 Å². The predicted molar refractivity (Wildman–Crippen MR) is 178 cm³/mol. The van der Waals surface area contributed by atoms with E-state index in [0.717, 1.165) is 44.1 Å². The third-order valence-corrected chi connectivity index (χ3v) is 6.35. The van der Waals surface area contributed by atoms with Crippen LogP contribution in [0, 0.1) is 0 Å². The molecule has 204 valence electrons. The first-order chi connectivity index (χ1) is 19.6. The van der Waals surface area contributed by atoms with E-state index in [9.17, 15) is 0 Å². The number of aliphatic imine (C=N–C) groups is 1. The van der Waals surface area contributed by atoms with E-state index < -0.39 is 0 Å². The van der Waals surface area contributed by atoms with Gasteiger partial charge in [-0.2, -0.15) is 5.10 Å². The monoisotopic (exact) mass is 546 g/mol. The van der Waals surface area contributed by atoms with Crippen LogP contribution in [0.4, 0.5) is 0 Å². The molecular weight excluding hydrogens is 508 g/mol. The molecule has 0 bridgehead atoms. The van der Waals surface area contributed by atoms with Crippen LogP contribution in [-0.4, -0.2) is 23.7 Å². The number of hydrogen-bond donors (Lipinski definition) is 1. The Balaban J connectivity index is 0.00000105. The summed E-state index contributed by atoms with van der Waals surface area (Å²) in [6.07, 6.45) is 7.75. The largest absolute Gasteiger partial charge is 0.324 e. The van der Waals surface area contributed by atoms with Crippen LogP contribution in [0.15, 0.2) is 144 Å². The van der Waals surface area contributed by atoms with Crippen molar-refractivity contribution in [2.45, 2.75) is 20.4 Å². The van der Waals surface area contributed by atoms with Crippen molar-refractivity contribution in [3.63, 3.8) is 0 Å². The molecule has 2 N–H and O–H groups in total. The number of benzene rings is 3. The molecule has 4 rings (SSSR count). The normalized spacial score (nSPS) is 10.8. The molecule has 0 radical (unpaired) electrons. The van der Waals surface area contributed by atoms with Crippen LogP contribution in [0.2, 0.25) is 0 Å². The SMILES string of the molecule is C=CC(=C)/C=C(\SC)c1cc(C(=NCc2ccccc2)c2ccccc2)cc(-c2ccccn2)c1.C=NN.CC. The van der Waals surface area contributed by atoms with Gasteiger partial charge in [-0.15, -0.1) is 11.8 Å². The van der Waals surface area contributed by atoms with Crippen LogP contribution in [0.1, 0.15) is 36.1 Å². The molecule has 4 nitrogen and oxygen atoms in total. The number of hydrogen-bond acceptors (Lipinski definition) is 5. The fourth-order valence-electron chi connectivity index (χ4n) is 3.77. The van der Waals surface area contributed by atoms with Crippen LogP contribution in [-0.2, 0) is 6.54 Å². The van der Waals surface area contributed by atoms with Crippen LogP contribution in [0.25, 0.3) is 16.2 Å². The Kier molecular flexibility index (Phi) is 14.2. The van der Waals surface area contributed by atoms with Crippen molar-refractivity contribution in [1.29, 1.82) is 0 Å². The fourth-order valence-corrected chi connectivity index (χ4v) is 4.40. The van der Waals surface area contributed by atoms with Gasteiger partial charge in [0.05, 0.1) is 18.0 Å². The minimum atomic E-state index is 0.604. The van der Waals surface area contributed by atoms with Gasteiger partial charge < -0.3 is 5.84 Å². The summed E-state index contributed by atoms with van der Waals surface area (Å²) in [6, 6.07) is 33.3. The molecule has 0 aliphatic heterocycles. The van der Waals surface area contributed by atoms with Gasteiger partial charge in [-0.05, 0) is 59.4 Å². The van der Waals surface area contributed by atoms with E-state index >= 15 is 0 Å². The van der Waals surface area contributed by atoms with E-state index in [0.29, 0.717) is 6.54 Å². The molecule has 3 aromatic carbocycles. The molecule has 0 saturated heterocycles. The number of rotatable bonds is 9. The fraction of sp³-hybridized carbons (Fsp3) is 0.114. The standard InChI is InChI=1S/C32H28N2S.C2H6.CH4N2/c1-4-24(2)19-31(35-3)28-20-27(30-17-11-12-18-33-30)21-29(22-28)32(26-15-9-6-10-16-26)34-23-25-13-7-5-8-14-25;1-2;1-3-2/h4-22H,1-2,23H2,3H3;1-2H3;1-2H2/b31-19-,34-32?;;. The Morgan fingerprint density at radius 2 is 1.48 bits per heavy atom. The highest BCUT2D eigenvalue weighted by molar-refractivity contribution is 8.07. The molecular formula is C35H38N4S. The minimum Gasteiger partial charge on any atom is -0.324 e. The third kappa shape index (κ3) is 9.68. The molecule has 0 aliphatic rings. The lowest BCUT2D eigenvalue weighted by molar-refractivity contribution is 1.07. The highest BCUT2D eigenvalue weighted by Crippen LogP contribution is 2.32. The zero-order valence-corrected chi connectivity index (χ0v) is 24.4. The van der Waals surface area contributed by atoms with Crippen molar-refractivity contribution in [3.8, 4) is 11.3 Å². The first-order valence-electron chi connectivity index (χ1n) is 13.0. The molecule has 5 heteroatoms. The molecule has 0 aliphatic carbocycles. The number of thioether (sulfide) groups is 1. The van der Waals surface area contributed by atoms with Gasteiger partial charge in [-0.3, -0.25) is 9.98 Å². The molecule has 0 saturated carbocycles. The third-order valence-electron chi connectivity index (χ3n) is 5.56. The van der Waals surface area contributed by atoms with Gasteiger partial charge in [0, 0.05) is 34.5 Å². The van der Waals surface area contributed by atoms with Gasteiger partial charge in [0.15, 0.2) is 0 Å². The number of nitrogens with zero attached hydrogens (tertiary/aromatic N) is 3. The smallest absolute Gasteiger partial charge is 0.0723 e. The Bertz CT molecular complexity index is 1410. The lowest BCUT2D eigenvalue weighted by atomic mass is 9.95. The van der Waals surface area contributed by atoms with E-state index in [4.69, 9.17) is 4.99 Å². The maximum Gasteiger partial charge on any atom is 0.0723 e. The number of aromatic nitrogens is 1. The van der Waals surface area contributed by atoms with Gasteiger partial charge in [0.25, 0.3) is 0 Å². The van der Waals surface area contributed by atoms with Gasteiger partial charge in [0.2, 0.25) is 0 Å². The second kappa shape index (κ2) is 17.9. The molecule has 0 amide bonds. The molecule has 0 spiro atoms. The summed E-state index contributed by atoms with van der Waals surface area (Å²) < 4.78 is 0. The maximum atomic E-state index is 5.11. The Morgan fingerprint density at radius 3 is 2.05 bits per heavy atom. The highest BCUT2D eigenvalue weighted by atomic mass is 32.2. The van der Waals surface area contributed by atoms with E-state index in [2.05, 4.69) is 115 Å². The van der Waals surface area contributed by atoms with Crippen molar-refractivity contribution in [3.05, 3.63) is 156 Å².